The normalized spacial score (nSPS) is 17.6. The number of rotatable bonds is 6. The first kappa shape index (κ1) is 22.5. The number of amides is 1. The molecule has 1 unspecified atom stereocenters. The summed E-state index contributed by atoms with van der Waals surface area (Å²) in [5.74, 6) is 0.981. The Morgan fingerprint density at radius 2 is 1.97 bits per heavy atom. The summed E-state index contributed by atoms with van der Waals surface area (Å²) < 4.78 is 40.6. The molecule has 1 heterocycles. The minimum Gasteiger partial charge on any atom is -0.497 e. The van der Waals surface area contributed by atoms with E-state index in [0.717, 1.165) is 10.5 Å². The monoisotopic (exact) mass is 450 g/mol. The van der Waals surface area contributed by atoms with E-state index in [2.05, 4.69) is 10.0 Å². The standard InChI is InChI=1S/C21H26N2O5S2/c1-13(24)22-17-11-15(7-9-20(17)29-5)30(25,26)23-18-12-21(2,3)28-19-8-6-14(27-4)10-16(18)19/h6-11,18,23H,12H2,1-5H3,(H,22,24). The van der Waals surface area contributed by atoms with Crippen LogP contribution in [0.3, 0.4) is 0 Å². The molecule has 0 aromatic heterocycles. The molecule has 9 heteroatoms. The smallest absolute Gasteiger partial charge is 0.241 e. The number of thioether (sulfide) groups is 1. The van der Waals surface area contributed by atoms with Crippen LogP contribution in [0.1, 0.15) is 38.8 Å². The average molecular weight is 451 g/mol. The van der Waals surface area contributed by atoms with Crippen LogP contribution in [0.25, 0.3) is 0 Å². The molecule has 2 aromatic carbocycles. The van der Waals surface area contributed by atoms with Crippen LogP contribution in [0, 0.1) is 0 Å². The van der Waals surface area contributed by atoms with Crippen molar-refractivity contribution in [3.8, 4) is 11.5 Å². The van der Waals surface area contributed by atoms with Gasteiger partial charge in [-0.1, -0.05) is 0 Å². The molecule has 0 radical (unpaired) electrons. The number of sulfonamides is 1. The molecule has 7 nitrogen and oxygen atoms in total. The second kappa shape index (κ2) is 8.49. The fraction of sp³-hybridized carbons (Fsp3) is 0.381. The number of nitrogens with one attached hydrogen (secondary N) is 2. The van der Waals surface area contributed by atoms with Gasteiger partial charge >= 0.3 is 0 Å². The third-order valence-corrected chi connectivity index (χ3v) is 7.03. The van der Waals surface area contributed by atoms with E-state index in [4.69, 9.17) is 9.47 Å². The lowest BCUT2D eigenvalue weighted by atomic mass is 9.90. The van der Waals surface area contributed by atoms with Crippen LogP contribution in [0.4, 0.5) is 5.69 Å². The minimum absolute atomic E-state index is 0.0813. The van der Waals surface area contributed by atoms with Gasteiger partial charge in [0.25, 0.3) is 0 Å². The molecule has 0 bridgehead atoms. The van der Waals surface area contributed by atoms with E-state index in [1.807, 2.05) is 20.1 Å². The van der Waals surface area contributed by atoms with Crippen molar-refractivity contribution in [2.75, 3.05) is 18.7 Å². The van der Waals surface area contributed by atoms with Crippen molar-refractivity contribution in [1.82, 2.24) is 4.72 Å². The Bertz CT molecular complexity index is 1070. The SMILES string of the molecule is COc1ccc2c(c1)C(NS(=O)(=O)c1ccc(SC)c(NC(C)=O)c1)CC(C)(C)O2. The van der Waals surface area contributed by atoms with Gasteiger partial charge in [0, 0.05) is 23.8 Å². The highest BCUT2D eigenvalue weighted by Crippen LogP contribution is 2.42. The van der Waals surface area contributed by atoms with Gasteiger partial charge in [-0.25, -0.2) is 13.1 Å². The van der Waals surface area contributed by atoms with Crippen LogP contribution >= 0.6 is 11.8 Å². The molecule has 0 saturated carbocycles. The summed E-state index contributed by atoms with van der Waals surface area (Å²) in [6.07, 6.45) is 2.31. The van der Waals surface area contributed by atoms with Crippen molar-refractivity contribution in [3.63, 3.8) is 0 Å². The number of methoxy groups -OCH3 is 1. The summed E-state index contributed by atoms with van der Waals surface area (Å²) in [5.41, 5.74) is 0.645. The highest BCUT2D eigenvalue weighted by molar-refractivity contribution is 7.98. The number of hydrogen-bond acceptors (Lipinski definition) is 6. The summed E-state index contributed by atoms with van der Waals surface area (Å²) >= 11 is 1.43. The highest BCUT2D eigenvalue weighted by atomic mass is 32.2. The third kappa shape index (κ3) is 4.91. The largest absolute Gasteiger partial charge is 0.497 e. The molecule has 0 saturated heterocycles. The zero-order valence-corrected chi connectivity index (χ0v) is 19.2. The summed E-state index contributed by atoms with van der Waals surface area (Å²) in [6.45, 7) is 5.23. The number of anilines is 1. The number of carbonyl (C=O) groups is 1. The van der Waals surface area contributed by atoms with Gasteiger partial charge in [0.1, 0.15) is 17.1 Å². The first-order valence-electron chi connectivity index (χ1n) is 9.39. The Morgan fingerprint density at radius 1 is 1.23 bits per heavy atom. The molecule has 0 spiro atoms. The van der Waals surface area contributed by atoms with Crippen LogP contribution in [-0.4, -0.2) is 33.3 Å². The first-order valence-corrected chi connectivity index (χ1v) is 12.1. The fourth-order valence-electron chi connectivity index (χ4n) is 3.46. The van der Waals surface area contributed by atoms with E-state index < -0.39 is 21.7 Å². The maximum Gasteiger partial charge on any atom is 0.241 e. The molecule has 1 aliphatic rings. The molecule has 0 fully saturated rings. The highest BCUT2D eigenvalue weighted by Gasteiger charge is 2.36. The Balaban J connectivity index is 1.98. The van der Waals surface area contributed by atoms with Gasteiger partial charge in [-0.3, -0.25) is 4.79 Å². The van der Waals surface area contributed by atoms with Crippen LogP contribution in [0.2, 0.25) is 0 Å². The number of fused-ring (bicyclic) bond motifs is 1. The first-order chi connectivity index (χ1) is 14.0. The predicted molar refractivity (Wildman–Crippen MR) is 118 cm³/mol. The molecule has 2 N–H and O–H groups in total. The lowest BCUT2D eigenvalue weighted by molar-refractivity contribution is -0.114. The molecule has 3 rings (SSSR count). The maximum absolute atomic E-state index is 13.2. The second-order valence-corrected chi connectivity index (χ2v) is 10.2. The van der Waals surface area contributed by atoms with Gasteiger partial charge in [0.2, 0.25) is 15.9 Å². The van der Waals surface area contributed by atoms with E-state index in [9.17, 15) is 13.2 Å². The summed E-state index contributed by atoms with van der Waals surface area (Å²) in [7, 11) is -2.30. The van der Waals surface area contributed by atoms with E-state index >= 15 is 0 Å². The molecular formula is C21H26N2O5S2. The van der Waals surface area contributed by atoms with Crippen LogP contribution in [0.5, 0.6) is 11.5 Å². The lowest BCUT2D eigenvalue weighted by Gasteiger charge is -2.37. The van der Waals surface area contributed by atoms with E-state index in [-0.39, 0.29) is 10.8 Å². The topological polar surface area (TPSA) is 93.7 Å². The quantitative estimate of drug-likeness (QED) is 0.647. The van der Waals surface area contributed by atoms with Crippen LogP contribution < -0.4 is 19.5 Å². The predicted octanol–water partition coefficient (Wildman–Crippen LogP) is 3.96. The Kier molecular flexibility index (Phi) is 6.35. The lowest BCUT2D eigenvalue weighted by Crippen LogP contribution is -2.41. The van der Waals surface area contributed by atoms with Crippen LogP contribution in [-0.2, 0) is 14.8 Å². The Hall–Kier alpha value is -2.23. The van der Waals surface area contributed by atoms with E-state index in [1.54, 1.807) is 31.4 Å². The molecule has 162 valence electrons. The molecule has 1 aliphatic heterocycles. The van der Waals surface area contributed by atoms with Crippen molar-refractivity contribution >= 4 is 33.4 Å². The summed E-state index contributed by atoms with van der Waals surface area (Å²) in [5, 5.41) is 2.70. The molecule has 1 atom stereocenters. The number of ether oxygens (including phenoxy) is 2. The molecule has 30 heavy (non-hydrogen) atoms. The van der Waals surface area contributed by atoms with Crippen molar-refractivity contribution in [1.29, 1.82) is 0 Å². The number of benzene rings is 2. The van der Waals surface area contributed by atoms with Crippen molar-refractivity contribution in [3.05, 3.63) is 42.0 Å². The Morgan fingerprint density at radius 3 is 2.60 bits per heavy atom. The van der Waals surface area contributed by atoms with E-state index in [1.165, 1.54) is 30.8 Å². The maximum atomic E-state index is 13.2. The van der Waals surface area contributed by atoms with Crippen molar-refractivity contribution < 1.29 is 22.7 Å². The van der Waals surface area contributed by atoms with Gasteiger partial charge in [-0.2, -0.15) is 0 Å². The van der Waals surface area contributed by atoms with Gasteiger partial charge in [-0.05, 0) is 56.5 Å². The molecular weight excluding hydrogens is 424 g/mol. The van der Waals surface area contributed by atoms with Gasteiger partial charge in [0.05, 0.1) is 23.7 Å². The zero-order chi connectivity index (χ0) is 22.1. The fourth-order valence-corrected chi connectivity index (χ4v) is 5.24. The third-order valence-electron chi connectivity index (χ3n) is 4.76. The Labute approximate surface area is 181 Å². The summed E-state index contributed by atoms with van der Waals surface area (Å²) in [4.78, 5) is 12.4. The van der Waals surface area contributed by atoms with Gasteiger partial charge < -0.3 is 14.8 Å². The minimum atomic E-state index is -3.86. The number of carbonyl (C=O) groups excluding carboxylic acids is 1. The molecule has 0 aliphatic carbocycles. The number of hydrogen-bond donors (Lipinski definition) is 2. The van der Waals surface area contributed by atoms with E-state index in [0.29, 0.717) is 23.6 Å². The van der Waals surface area contributed by atoms with Crippen LogP contribution in [0.15, 0.2) is 46.2 Å². The molecule has 1 amide bonds. The summed E-state index contributed by atoms with van der Waals surface area (Å²) in [6, 6.07) is 9.58. The average Bonchev–Trinajstić information content (AvgIpc) is 2.66. The van der Waals surface area contributed by atoms with Crippen molar-refractivity contribution in [2.24, 2.45) is 0 Å². The van der Waals surface area contributed by atoms with Crippen molar-refractivity contribution in [2.45, 2.75) is 48.6 Å². The van der Waals surface area contributed by atoms with Gasteiger partial charge in [0.15, 0.2) is 0 Å². The molecule has 2 aromatic rings. The zero-order valence-electron chi connectivity index (χ0n) is 17.6. The second-order valence-electron chi connectivity index (χ2n) is 7.69. The van der Waals surface area contributed by atoms with Gasteiger partial charge in [-0.15, -0.1) is 11.8 Å².